The molecule has 2 saturated heterocycles. The molecule has 1 atom stereocenters. The van der Waals surface area contributed by atoms with Crippen LogP contribution < -0.4 is 0 Å². The summed E-state index contributed by atoms with van der Waals surface area (Å²) in [5, 5.41) is 5.31. The summed E-state index contributed by atoms with van der Waals surface area (Å²) >= 11 is 0. The summed E-state index contributed by atoms with van der Waals surface area (Å²) < 4.78 is 63.6. The predicted molar refractivity (Wildman–Crippen MR) is 112 cm³/mol. The Hall–Kier alpha value is -2.38. The first kappa shape index (κ1) is 22.8. The van der Waals surface area contributed by atoms with Crippen LogP contribution in [-0.2, 0) is 29.4 Å². The van der Waals surface area contributed by atoms with Crippen molar-refractivity contribution in [2.45, 2.75) is 30.2 Å². The van der Waals surface area contributed by atoms with Crippen molar-refractivity contribution < 1.29 is 30.8 Å². The lowest BCUT2D eigenvalue weighted by Gasteiger charge is -2.35. The standard InChI is InChI=1S/C19H23FN4O6S2/c20-14-2-1-3-16(12-14)32(29,30)23-9-7-22(8-10-23)19(26)17-4-5-18(25)24(21-17)15-6-11-31(27,28)13-15/h1-3,12,15H,4-11,13H2/t15-/m0/s1. The number of nitrogens with zero attached hydrogens (tertiary/aromatic N) is 4. The van der Waals surface area contributed by atoms with Gasteiger partial charge in [0.1, 0.15) is 11.5 Å². The van der Waals surface area contributed by atoms with Crippen LogP contribution in [0.4, 0.5) is 4.39 Å². The van der Waals surface area contributed by atoms with E-state index in [2.05, 4.69) is 5.10 Å². The largest absolute Gasteiger partial charge is 0.335 e. The molecule has 13 heteroatoms. The predicted octanol–water partition coefficient (Wildman–Crippen LogP) is -0.176. The number of hydrazone groups is 1. The first-order valence-corrected chi connectivity index (χ1v) is 13.5. The molecule has 0 saturated carbocycles. The highest BCUT2D eigenvalue weighted by Gasteiger charge is 2.38. The molecule has 0 N–H and O–H groups in total. The van der Waals surface area contributed by atoms with E-state index in [1.54, 1.807) is 0 Å². The number of benzene rings is 1. The minimum absolute atomic E-state index is 0.0119. The van der Waals surface area contributed by atoms with Crippen molar-refractivity contribution in [2.24, 2.45) is 5.10 Å². The summed E-state index contributed by atoms with van der Waals surface area (Å²) in [6.45, 7) is 0.332. The number of carbonyl (C=O) groups is 2. The molecular weight excluding hydrogens is 463 g/mol. The Morgan fingerprint density at radius 3 is 2.47 bits per heavy atom. The molecule has 32 heavy (non-hydrogen) atoms. The second kappa shape index (κ2) is 8.52. The Balaban J connectivity index is 1.43. The fraction of sp³-hybridized carbons (Fsp3) is 0.526. The number of sulfone groups is 1. The van der Waals surface area contributed by atoms with Crippen molar-refractivity contribution >= 4 is 37.4 Å². The Bertz CT molecular complexity index is 1180. The van der Waals surface area contributed by atoms with Gasteiger partial charge in [0, 0.05) is 39.0 Å². The second-order valence-corrected chi connectivity index (χ2v) is 12.2. The third kappa shape index (κ3) is 4.55. The van der Waals surface area contributed by atoms with Crippen molar-refractivity contribution in [2.75, 3.05) is 37.7 Å². The fourth-order valence-corrected chi connectivity index (χ4v) is 7.22. The van der Waals surface area contributed by atoms with E-state index >= 15 is 0 Å². The van der Waals surface area contributed by atoms with Crippen LogP contribution in [0.2, 0.25) is 0 Å². The minimum atomic E-state index is -3.88. The lowest BCUT2D eigenvalue weighted by molar-refractivity contribution is -0.134. The smallest absolute Gasteiger partial charge is 0.270 e. The van der Waals surface area contributed by atoms with Gasteiger partial charge in [-0.25, -0.2) is 26.2 Å². The molecule has 0 aromatic heterocycles. The molecule has 10 nitrogen and oxygen atoms in total. The van der Waals surface area contributed by atoms with Crippen LogP contribution in [-0.4, -0.2) is 92.3 Å². The Labute approximate surface area is 185 Å². The van der Waals surface area contributed by atoms with Gasteiger partial charge in [0.25, 0.3) is 5.91 Å². The van der Waals surface area contributed by atoms with Gasteiger partial charge in [0.2, 0.25) is 15.9 Å². The lowest BCUT2D eigenvalue weighted by atomic mass is 10.1. The van der Waals surface area contributed by atoms with E-state index in [9.17, 15) is 30.8 Å². The number of piperazine rings is 1. The van der Waals surface area contributed by atoms with E-state index < -0.39 is 37.6 Å². The third-order valence-electron chi connectivity index (χ3n) is 5.82. The zero-order chi connectivity index (χ0) is 23.1. The summed E-state index contributed by atoms with van der Waals surface area (Å²) in [7, 11) is -7.10. The molecule has 2 amide bonds. The maximum atomic E-state index is 13.4. The molecule has 0 spiro atoms. The van der Waals surface area contributed by atoms with Crippen LogP contribution in [0, 0.1) is 5.82 Å². The van der Waals surface area contributed by atoms with Crippen LogP contribution in [0.5, 0.6) is 0 Å². The van der Waals surface area contributed by atoms with Crippen molar-refractivity contribution in [1.82, 2.24) is 14.2 Å². The number of hydrogen-bond donors (Lipinski definition) is 0. The summed E-state index contributed by atoms with van der Waals surface area (Å²) in [5.74, 6) is -1.53. The van der Waals surface area contributed by atoms with Crippen LogP contribution in [0.1, 0.15) is 19.3 Å². The first-order chi connectivity index (χ1) is 15.1. The van der Waals surface area contributed by atoms with E-state index in [4.69, 9.17) is 0 Å². The quantitative estimate of drug-likeness (QED) is 0.582. The molecular formula is C19H23FN4O6S2. The van der Waals surface area contributed by atoms with Gasteiger partial charge in [-0.05, 0) is 24.6 Å². The maximum absolute atomic E-state index is 13.4. The highest BCUT2D eigenvalue weighted by Crippen LogP contribution is 2.23. The number of halogens is 1. The average molecular weight is 487 g/mol. The van der Waals surface area contributed by atoms with Gasteiger partial charge < -0.3 is 4.90 Å². The number of amides is 2. The molecule has 174 valence electrons. The van der Waals surface area contributed by atoms with Crippen LogP contribution >= 0.6 is 0 Å². The monoisotopic (exact) mass is 486 g/mol. The van der Waals surface area contributed by atoms with E-state index in [0.29, 0.717) is 0 Å². The topological polar surface area (TPSA) is 124 Å². The molecule has 3 aliphatic rings. The highest BCUT2D eigenvalue weighted by atomic mass is 32.2. The van der Waals surface area contributed by atoms with Gasteiger partial charge >= 0.3 is 0 Å². The molecule has 0 bridgehead atoms. The van der Waals surface area contributed by atoms with Gasteiger partial charge in [-0.3, -0.25) is 9.59 Å². The third-order valence-corrected chi connectivity index (χ3v) is 9.47. The number of sulfonamides is 1. The minimum Gasteiger partial charge on any atom is -0.335 e. The van der Waals surface area contributed by atoms with Gasteiger partial charge in [-0.2, -0.15) is 9.41 Å². The highest BCUT2D eigenvalue weighted by molar-refractivity contribution is 7.91. The zero-order valence-corrected chi connectivity index (χ0v) is 18.8. The molecule has 1 aromatic carbocycles. The van der Waals surface area contributed by atoms with Crippen LogP contribution in [0.25, 0.3) is 0 Å². The summed E-state index contributed by atoms with van der Waals surface area (Å²) in [6, 6.07) is 4.20. The van der Waals surface area contributed by atoms with Gasteiger partial charge in [0.05, 0.1) is 22.4 Å². The Morgan fingerprint density at radius 2 is 1.84 bits per heavy atom. The Kier molecular flexibility index (Phi) is 6.07. The normalized spacial score (nSPS) is 24.5. The molecule has 0 aliphatic carbocycles. The maximum Gasteiger partial charge on any atom is 0.270 e. The van der Waals surface area contributed by atoms with E-state index in [1.807, 2.05) is 0 Å². The van der Waals surface area contributed by atoms with Crippen molar-refractivity contribution in [3.8, 4) is 0 Å². The van der Waals surface area contributed by atoms with E-state index in [0.717, 1.165) is 17.1 Å². The molecule has 1 aromatic rings. The van der Waals surface area contributed by atoms with Crippen molar-refractivity contribution in [1.29, 1.82) is 0 Å². The number of carbonyl (C=O) groups excluding carboxylic acids is 2. The lowest BCUT2D eigenvalue weighted by Crippen LogP contribution is -2.53. The van der Waals surface area contributed by atoms with Crippen molar-refractivity contribution in [3.05, 3.63) is 30.1 Å². The number of hydrogen-bond acceptors (Lipinski definition) is 7. The summed E-state index contributed by atoms with van der Waals surface area (Å²) in [5.41, 5.74) is 0.162. The molecule has 3 heterocycles. The Morgan fingerprint density at radius 1 is 1.12 bits per heavy atom. The van der Waals surface area contributed by atoms with Gasteiger partial charge in [0.15, 0.2) is 9.84 Å². The van der Waals surface area contributed by atoms with Gasteiger partial charge in [-0.15, -0.1) is 0 Å². The molecule has 3 aliphatic heterocycles. The second-order valence-electron chi connectivity index (χ2n) is 8.00. The molecule has 0 radical (unpaired) electrons. The SMILES string of the molecule is O=C(C1=NN([C@H]2CCS(=O)(=O)C2)C(=O)CC1)N1CCN(S(=O)(=O)c2cccc(F)c2)CC1. The molecule has 4 rings (SSSR count). The number of rotatable bonds is 4. The van der Waals surface area contributed by atoms with Gasteiger partial charge in [-0.1, -0.05) is 6.07 Å². The molecule has 0 unspecified atom stereocenters. The van der Waals surface area contributed by atoms with E-state index in [1.165, 1.54) is 21.3 Å². The van der Waals surface area contributed by atoms with E-state index in [-0.39, 0.29) is 73.5 Å². The zero-order valence-electron chi connectivity index (χ0n) is 17.2. The van der Waals surface area contributed by atoms with Crippen LogP contribution in [0.15, 0.2) is 34.3 Å². The van der Waals surface area contributed by atoms with Crippen LogP contribution in [0.3, 0.4) is 0 Å². The average Bonchev–Trinajstić information content (AvgIpc) is 3.13. The van der Waals surface area contributed by atoms with Crippen molar-refractivity contribution in [3.63, 3.8) is 0 Å². The first-order valence-electron chi connectivity index (χ1n) is 10.2. The fourth-order valence-electron chi connectivity index (χ4n) is 4.07. The summed E-state index contributed by atoms with van der Waals surface area (Å²) in [6.07, 6.45) is 0.500. The molecule has 2 fully saturated rings. The summed E-state index contributed by atoms with van der Waals surface area (Å²) in [4.78, 5) is 26.5.